The molecule has 1 radical (unpaired) electrons. The normalized spacial score (nSPS) is 10.8. The Hall–Kier alpha value is -0.120. The molecule has 0 aliphatic rings. The fourth-order valence-electron chi connectivity index (χ4n) is 1.54. The molecule has 0 fully saturated rings. The molecule has 0 aromatic carbocycles. The van der Waals surface area contributed by atoms with E-state index in [4.69, 9.17) is 5.26 Å². The highest BCUT2D eigenvalue weighted by molar-refractivity contribution is 4.62. The van der Waals surface area contributed by atoms with E-state index in [0.29, 0.717) is 6.61 Å². The van der Waals surface area contributed by atoms with Gasteiger partial charge >= 0.3 is 0 Å². The van der Waals surface area contributed by atoms with Gasteiger partial charge in [-0.25, -0.2) is 10.1 Å². The van der Waals surface area contributed by atoms with Crippen LogP contribution < -0.4 is 0 Å². The van der Waals surface area contributed by atoms with E-state index in [1.807, 2.05) is 0 Å². The number of unbranched alkanes of at least 4 members (excludes halogenated alkanes) is 9. The molecule has 0 aliphatic carbocycles. The third-order valence-electron chi connectivity index (χ3n) is 2.43. The first-order valence-corrected chi connectivity index (χ1v) is 6.16. The Bertz CT molecular complexity index is 95.0. The van der Waals surface area contributed by atoms with Crippen LogP contribution in [-0.4, -0.2) is 11.9 Å². The second kappa shape index (κ2) is 13.9. The zero-order chi connectivity index (χ0) is 11.2. The van der Waals surface area contributed by atoms with E-state index in [2.05, 4.69) is 23.3 Å². The predicted molar refractivity (Wildman–Crippen MR) is 61.2 cm³/mol. The highest BCUT2D eigenvalue weighted by Crippen LogP contribution is 2.09. The van der Waals surface area contributed by atoms with Crippen molar-refractivity contribution >= 4 is 0 Å². The van der Waals surface area contributed by atoms with Crippen molar-refractivity contribution in [3.63, 3.8) is 0 Å². The van der Waals surface area contributed by atoms with Gasteiger partial charge in [-0.05, 0) is 12.8 Å². The van der Waals surface area contributed by atoms with Crippen molar-refractivity contribution in [2.45, 2.75) is 64.7 Å². The molecule has 0 heterocycles. The van der Waals surface area contributed by atoms with Gasteiger partial charge in [-0.3, -0.25) is 0 Å². The van der Waals surface area contributed by atoms with Crippen molar-refractivity contribution in [3.8, 4) is 0 Å². The second-order valence-corrected chi connectivity index (χ2v) is 3.88. The van der Waals surface area contributed by atoms with Gasteiger partial charge in [-0.15, -0.1) is 0 Å². The van der Waals surface area contributed by atoms with Gasteiger partial charge < -0.3 is 0 Å². The SMILES string of the molecule is CCC[CH]CCCCCCCCOOO. The minimum absolute atomic E-state index is 0.487. The van der Waals surface area contributed by atoms with Crippen LogP contribution in [0.1, 0.15) is 64.7 Å². The molecule has 0 unspecified atom stereocenters. The van der Waals surface area contributed by atoms with Crippen LogP contribution in [0.2, 0.25) is 0 Å². The van der Waals surface area contributed by atoms with Gasteiger partial charge in [-0.1, -0.05) is 63.3 Å². The Morgan fingerprint density at radius 2 is 1.60 bits per heavy atom. The Balaban J connectivity index is 2.81. The summed E-state index contributed by atoms with van der Waals surface area (Å²) in [6, 6.07) is 0. The topological polar surface area (TPSA) is 38.7 Å². The fraction of sp³-hybridized carbons (Fsp3) is 0.917. The molecule has 0 saturated heterocycles. The van der Waals surface area contributed by atoms with E-state index in [0.717, 1.165) is 12.8 Å². The molecule has 0 amide bonds. The van der Waals surface area contributed by atoms with Crippen molar-refractivity contribution in [2.24, 2.45) is 0 Å². The van der Waals surface area contributed by atoms with E-state index in [1.165, 1.54) is 44.9 Å². The van der Waals surface area contributed by atoms with Crippen LogP contribution in [0.3, 0.4) is 0 Å². The summed E-state index contributed by atoms with van der Waals surface area (Å²) in [5.74, 6) is 0. The van der Waals surface area contributed by atoms with Gasteiger partial charge in [0.1, 0.15) is 0 Å². The summed E-state index contributed by atoms with van der Waals surface area (Å²) in [6.45, 7) is 2.70. The second-order valence-electron chi connectivity index (χ2n) is 3.88. The summed E-state index contributed by atoms with van der Waals surface area (Å²) >= 11 is 0. The van der Waals surface area contributed by atoms with Gasteiger partial charge in [0.05, 0.1) is 6.61 Å². The third kappa shape index (κ3) is 13.9. The lowest BCUT2D eigenvalue weighted by Crippen LogP contribution is -1.92. The summed E-state index contributed by atoms with van der Waals surface area (Å²) in [5.41, 5.74) is 0. The largest absolute Gasteiger partial charge is 0.221 e. The first-order chi connectivity index (χ1) is 7.41. The molecule has 0 rings (SSSR count). The van der Waals surface area contributed by atoms with Crippen LogP contribution >= 0.6 is 0 Å². The lowest BCUT2D eigenvalue weighted by molar-refractivity contribution is -0.490. The van der Waals surface area contributed by atoms with Crippen LogP contribution in [0.4, 0.5) is 0 Å². The Labute approximate surface area is 93.6 Å². The standard InChI is InChI=1S/C12H25O3/c1-2-3-4-5-6-7-8-9-10-11-12-14-15-13/h4,13H,2-3,5-12H2,1H3. The summed E-state index contributed by atoms with van der Waals surface area (Å²) in [5, 5.41) is 11.4. The van der Waals surface area contributed by atoms with E-state index < -0.39 is 0 Å². The van der Waals surface area contributed by atoms with Crippen molar-refractivity contribution < 1.29 is 15.2 Å². The van der Waals surface area contributed by atoms with Gasteiger partial charge in [0.2, 0.25) is 0 Å². The van der Waals surface area contributed by atoms with Crippen LogP contribution in [0.15, 0.2) is 0 Å². The summed E-state index contributed by atoms with van der Waals surface area (Å²) in [4.78, 5) is 4.36. The zero-order valence-corrected chi connectivity index (χ0v) is 9.91. The Kier molecular flexibility index (Phi) is 13.8. The summed E-state index contributed by atoms with van der Waals surface area (Å²) in [7, 11) is 0. The monoisotopic (exact) mass is 217 g/mol. The number of rotatable bonds is 12. The fourth-order valence-corrected chi connectivity index (χ4v) is 1.54. The van der Waals surface area contributed by atoms with E-state index in [-0.39, 0.29) is 0 Å². The highest BCUT2D eigenvalue weighted by Gasteiger charge is 1.92. The number of hydrogen-bond acceptors (Lipinski definition) is 3. The maximum atomic E-state index is 7.88. The molecule has 15 heavy (non-hydrogen) atoms. The number of hydrogen-bond donors (Lipinski definition) is 1. The van der Waals surface area contributed by atoms with Crippen molar-refractivity contribution in [3.05, 3.63) is 6.42 Å². The minimum Gasteiger partial charge on any atom is -0.221 e. The van der Waals surface area contributed by atoms with Crippen LogP contribution in [0.5, 0.6) is 0 Å². The minimum atomic E-state index is 0.487. The molecule has 0 aromatic heterocycles. The maximum absolute atomic E-state index is 7.88. The molecule has 0 saturated carbocycles. The van der Waals surface area contributed by atoms with Gasteiger partial charge in [0, 0.05) is 0 Å². The Morgan fingerprint density at radius 3 is 2.27 bits per heavy atom. The molecule has 0 aromatic rings. The van der Waals surface area contributed by atoms with Crippen molar-refractivity contribution in [2.75, 3.05) is 6.61 Å². The average molecular weight is 217 g/mol. The average Bonchev–Trinajstić information content (AvgIpc) is 2.26. The van der Waals surface area contributed by atoms with Crippen LogP contribution in [0.25, 0.3) is 0 Å². The smallest absolute Gasteiger partial charge is 0.0853 e. The molecular formula is C12H25O3. The summed E-state index contributed by atoms with van der Waals surface area (Å²) < 4.78 is 0. The van der Waals surface area contributed by atoms with Gasteiger partial charge in [0.25, 0.3) is 0 Å². The molecule has 3 heteroatoms. The van der Waals surface area contributed by atoms with Crippen molar-refractivity contribution in [1.29, 1.82) is 0 Å². The van der Waals surface area contributed by atoms with E-state index in [1.54, 1.807) is 0 Å². The first-order valence-electron chi connectivity index (χ1n) is 6.16. The van der Waals surface area contributed by atoms with E-state index >= 15 is 0 Å². The zero-order valence-electron chi connectivity index (χ0n) is 9.91. The first kappa shape index (κ1) is 14.9. The molecule has 1 N–H and O–H groups in total. The lowest BCUT2D eigenvalue weighted by Gasteiger charge is -2.01. The quantitative estimate of drug-likeness (QED) is 0.303. The molecule has 0 atom stereocenters. The molecule has 3 nitrogen and oxygen atoms in total. The highest BCUT2D eigenvalue weighted by atomic mass is 17.5. The molecule has 0 spiro atoms. The predicted octanol–water partition coefficient (Wildman–Crippen LogP) is 4.14. The molecule has 0 bridgehead atoms. The van der Waals surface area contributed by atoms with Gasteiger partial charge in [0.15, 0.2) is 0 Å². The van der Waals surface area contributed by atoms with Crippen LogP contribution in [-0.2, 0) is 9.93 Å². The molecule has 0 aliphatic heterocycles. The Morgan fingerprint density at radius 1 is 0.933 bits per heavy atom. The van der Waals surface area contributed by atoms with Crippen molar-refractivity contribution in [1.82, 2.24) is 0 Å². The van der Waals surface area contributed by atoms with Gasteiger partial charge in [-0.2, -0.15) is 0 Å². The van der Waals surface area contributed by atoms with E-state index in [9.17, 15) is 0 Å². The molecular weight excluding hydrogens is 192 g/mol. The lowest BCUT2D eigenvalue weighted by atomic mass is 10.1. The summed E-state index contributed by atoms with van der Waals surface area (Å²) in [6.07, 6.45) is 13.5. The third-order valence-corrected chi connectivity index (χ3v) is 2.43. The van der Waals surface area contributed by atoms with Crippen LogP contribution in [0, 0.1) is 6.42 Å². The molecule has 91 valence electrons. The maximum Gasteiger partial charge on any atom is 0.0853 e.